The molecule has 0 aliphatic carbocycles. The highest BCUT2D eigenvalue weighted by molar-refractivity contribution is 6.32. The maximum Gasteiger partial charge on any atom is 0.335 e. The Morgan fingerprint density at radius 2 is 1.91 bits per heavy atom. The number of benzene rings is 2. The molecule has 0 amide bonds. The zero-order valence-electron chi connectivity index (χ0n) is 12.4. The Hall–Kier alpha value is -2.53. The lowest BCUT2D eigenvalue weighted by atomic mass is 10.1. The van der Waals surface area contributed by atoms with Gasteiger partial charge in [0.15, 0.2) is 11.5 Å². The van der Waals surface area contributed by atoms with Crippen LogP contribution < -0.4 is 9.47 Å². The van der Waals surface area contributed by atoms with E-state index in [2.05, 4.69) is 0 Å². The molecule has 6 heteroatoms. The van der Waals surface area contributed by atoms with Gasteiger partial charge in [-0.25, -0.2) is 4.79 Å². The summed E-state index contributed by atoms with van der Waals surface area (Å²) in [5.41, 5.74) is 1.39. The summed E-state index contributed by atoms with van der Waals surface area (Å²) in [5, 5.41) is 9.15. The van der Waals surface area contributed by atoms with Gasteiger partial charge < -0.3 is 14.6 Å². The van der Waals surface area contributed by atoms with Crippen LogP contribution in [0.25, 0.3) is 0 Å². The maximum absolute atomic E-state index is 10.9. The largest absolute Gasteiger partial charge is 0.490 e. The van der Waals surface area contributed by atoms with Gasteiger partial charge in [0.25, 0.3) is 0 Å². The van der Waals surface area contributed by atoms with Gasteiger partial charge in [0.05, 0.1) is 17.2 Å². The number of aldehydes is 1. The lowest BCUT2D eigenvalue weighted by Gasteiger charge is -2.14. The molecular formula is C17H15ClO5. The SMILES string of the molecule is CCOc1cc(C=O)cc(Cl)c1OCc1ccc(C(=O)O)cc1. The van der Waals surface area contributed by atoms with Crippen molar-refractivity contribution in [3.63, 3.8) is 0 Å². The van der Waals surface area contributed by atoms with Gasteiger partial charge in [-0.15, -0.1) is 0 Å². The van der Waals surface area contributed by atoms with E-state index in [4.69, 9.17) is 26.2 Å². The van der Waals surface area contributed by atoms with Crippen LogP contribution in [0.1, 0.15) is 33.2 Å². The summed E-state index contributed by atoms with van der Waals surface area (Å²) in [7, 11) is 0. The van der Waals surface area contributed by atoms with Gasteiger partial charge in [-0.3, -0.25) is 4.79 Å². The Kier molecular flexibility index (Phi) is 5.60. The maximum atomic E-state index is 10.9. The second kappa shape index (κ2) is 7.65. The summed E-state index contributed by atoms with van der Waals surface area (Å²) >= 11 is 6.14. The molecule has 2 aromatic rings. The van der Waals surface area contributed by atoms with Crippen LogP contribution >= 0.6 is 11.6 Å². The molecule has 0 atom stereocenters. The van der Waals surface area contributed by atoms with Gasteiger partial charge in [0.1, 0.15) is 12.9 Å². The fourth-order valence-corrected chi connectivity index (χ4v) is 2.23. The molecule has 120 valence electrons. The molecular weight excluding hydrogens is 320 g/mol. The molecule has 0 spiro atoms. The number of carbonyl (C=O) groups is 2. The number of carboxylic acid groups (broad SMARTS) is 1. The molecule has 0 aliphatic rings. The highest BCUT2D eigenvalue weighted by atomic mass is 35.5. The first-order chi connectivity index (χ1) is 11.0. The number of hydrogen-bond acceptors (Lipinski definition) is 4. The van der Waals surface area contributed by atoms with E-state index in [1.165, 1.54) is 18.2 Å². The highest BCUT2D eigenvalue weighted by Crippen LogP contribution is 2.36. The van der Waals surface area contributed by atoms with Crippen LogP contribution in [0.2, 0.25) is 5.02 Å². The first-order valence-corrected chi connectivity index (χ1v) is 7.29. The lowest BCUT2D eigenvalue weighted by Crippen LogP contribution is -2.02. The van der Waals surface area contributed by atoms with E-state index in [-0.39, 0.29) is 17.2 Å². The number of aromatic carboxylic acids is 1. The van der Waals surface area contributed by atoms with Crippen LogP contribution in [0.5, 0.6) is 11.5 Å². The summed E-state index contributed by atoms with van der Waals surface area (Å²) < 4.78 is 11.1. The smallest absolute Gasteiger partial charge is 0.335 e. The van der Waals surface area contributed by atoms with Crippen LogP contribution in [0.3, 0.4) is 0 Å². The minimum absolute atomic E-state index is 0.195. The van der Waals surface area contributed by atoms with Gasteiger partial charge in [-0.2, -0.15) is 0 Å². The summed E-state index contributed by atoms with van der Waals surface area (Å²) in [4.78, 5) is 21.7. The minimum Gasteiger partial charge on any atom is -0.490 e. The summed E-state index contributed by atoms with van der Waals surface area (Å²) in [6.45, 7) is 2.42. The van der Waals surface area contributed by atoms with Crippen molar-refractivity contribution >= 4 is 23.9 Å². The number of ether oxygens (including phenoxy) is 2. The molecule has 0 fully saturated rings. The summed E-state index contributed by atoms with van der Waals surface area (Å²) in [5.74, 6) is -0.241. The van der Waals surface area contributed by atoms with Crippen molar-refractivity contribution in [2.24, 2.45) is 0 Å². The van der Waals surface area contributed by atoms with E-state index in [9.17, 15) is 9.59 Å². The number of carboxylic acids is 1. The van der Waals surface area contributed by atoms with Gasteiger partial charge in [0, 0.05) is 5.56 Å². The molecule has 0 saturated carbocycles. The first kappa shape index (κ1) is 16.8. The molecule has 0 heterocycles. The minimum atomic E-state index is -0.983. The molecule has 1 N–H and O–H groups in total. The third-order valence-corrected chi connectivity index (χ3v) is 3.33. The zero-order valence-corrected chi connectivity index (χ0v) is 13.2. The second-order valence-corrected chi connectivity index (χ2v) is 5.08. The summed E-state index contributed by atoms with van der Waals surface area (Å²) in [6.07, 6.45) is 0.683. The van der Waals surface area contributed by atoms with Crippen LogP contribution in [0.4, 0.5) is 0 Å². The van der Waals surface area contributed by atoms with Crippen molar-refractivity contribution in [1.82, 2.24) is 0 Å². The average molecular weight is 335 g/mol. The van der Waals surface area contributed by atoms with Crippen molar-refractivity contribution in [3.05, 3.63) is 58.1 Å². The molecule has 0 saturated heterocycles. The van der Waals surface area contributed by atoms with Crippen molar-refractivity contribution in [2.75, 3.05) is 6.61 Å². The van der Waals surface area contributed by atoms with Gasteiger partial charge in [0.2, 0.25) is 0 Å². The molecule has 2 aromatic carbocycles. The Morgan fingerprint density at radius 1 is 1.22 bits per heavy atom. The van der Waals surface area contributed by atoms with E-state index in [1.807, 2.05) is 6.92 Å². The van der Waals surface area contributed by atoms with Crippen LogP contribution in [-0.2, 0) is 6.61 Å². The third kappa shape index (κ3) is 4.23. The van der Waals surface area contributed by atoms with Crippen molar-refractivity contribution in [2.45, 2.75) is 13.5 Å². The standard InChI is InChI=1S/C17H15ClO5/c1-2-22-15-8-12(9-19)7-14(18)16(15)23-10-11-3-5-13(6-4-11)17(20)21/h3-9H,2,10H2,1H3,(H,20,21). The Morgan fingerprint density at radius 3 is 2.48 bits per heavy atom. The third-order valence-electron chi connectivity index (χ3n) is 3.05. The molecule has 0 unspecified atom stereocenters. The van der Waals surface area contributed by atoms with E-state index >= 15 is 0 Å². The molecule has 2 rings (SSSR count). The van der Waals surface area contributed by atoms with Crippen molar-refractivity contribution < 1.29 is 24.2 Å². The van der Waals surface area contributed by atoms with Gasteiger partial charge >= 0.3 is 5.97 Å². The zero-order chi connectivity index (χ0) is 16.8. The van der Waals surface area contributed by atoms with E-state index in [1.54, 1.807) is 18.2 Å². The molecule has 23 heavy (non-hydrogen) atoms. The summed E-state index contributed by atoms with van der Waals surface area (Å²) in [6, 6.07) is 9.39. The predicted octanol–water partition coefficient (Wildman–Crippen LogP) is 3.83. The monoisotopic (exact) mass is 334 g/mol. The fourth-order valence-electron chi connectivity index (χ4n) is 1.96. The van der Waals surface area contributed by atoms with Crippen LogP contribution in [0.15, 0.2) is 36.4 Å². The fraction of sp³-hybridized carbons (Fsp3) is 0.176. The average Bonchev–Trinajstić information content (AvgIpc) is 2.54. The Labute approximate surface area is 138 Å². The molecule has 0 radical (unpaired) electrons. The number of rotatable bonds is 7. The number of hydrogen-bond donors (Lipinski definition) is 1. The first-order valence-electron chi connectivity index (χ1n) is 6.91. The Balaban J connectivity index is 2.18. The molecule has 0 bridgehead atoms. The van der Waals surface area contributed by atoms with Crippen molar-refractivity contribution in [1.29, 1.82) is 0 Å². The van der Waals surface area contributed by atoms with Crippen LogP contribution in [0, 0.1) is 0 Å². The van der Waals surface area contributed by atoms with E-state index in [0.717, 1.165) is 5.56 Å². The highest BCUT2D eigenvalue weighted by Gasteiger charge is 2.13. The van der Waals surface area contributed by atoms with E-state index < -0.39 is 5.97 Å². The van der Waals surface area contributed by atoms with Crippen LogP contribution in [-0.4, -0.2) is 24.0 Å². The topological polar surface area (TPSA) is 72.8 Å². The lowest BCUT2D eigenvalue weighted by molar-refractivity contribution is 0.0696. The number of halogens is 1. The molecule has 0 aromatic heterocycles. The Bertz CT molecular complexity index is 710. The molecule has 5 nitrogen and oxygen atoms in total. The van der Waals surface area contributed by atoms with E-state index in [0.29, 0.717) is 30.0 Å². The quantitative estimate of drug-likeness (QED) is 0.779. The normalized spacial score (nSPS) is 10.2. The van der Waals surface area contributed by atoms with Gasteiger partial charge in [-0.05, 0) is 36.8 Å². The predicted molar refractivity (Wildman–Crippen MR) is 85.7 cm³/mol. The molecule has 0 aliphatic heterocycles. The number of carbonyl (C=O) groups excluding carboxylic acids is 1. The van der Waals surface area contributed by atoms with Gasteiger partial charge in [-0.1, -0.05) is 23.7 Å². The second-order valence-electron chi connectivity index (χ2n) is 4.67. The van der Waals surface area contributed by atoms with Crippen molar-refractivity contribution in [3.8, 4) is 11.5 Å².